The maximum absolute atomic E-state index is 13.8. The van der Waals surface area contributed by atoms with Crippen molar-refractivity contribution < 1.29 is 29.2 Å². The number of halogens is 1. The number of aliphatic hydroxyl groups is 3. The van der Waals surface area contributed by atoms with E-state index < -0.39 is 36.5 Å². The standard InChI is InChI=1S/C21H24FN5O5/c22-11-4-1-2-7-14(11)31-8-15-17(29)18(30)21(32-15)27-10-25-16-19(23-9-24-20(16)27)26-12-5-3-6-13(12)28/h1-2,4,7,9-10,12-13,15,17-18,21,28-30H,3,5-6,8H2,(H,23,24,26)/t12-,13-,15-,17+,18+,21-/m1/s1. The van der Waals surface area contributed by atoms with E-state index in [1.165, 1.54) is 29.4 Å². The van der Waals surface area contributed by atoms with Crippen LogP contribution in [-0.2, 0) is 4.74 Å². The third-order valence-electron chi connectivity index (χ3n) is 6.01. The maximum atomic E-state index is 13.8. The Balaban J connectivity index is 1.34. The third-order valence-corrected chi connectivity index (χ3v) is 6.01. The number of aromatic nitrogens is 4. The third kappa shape index (κ3) is 3.77. The Bertz CT molecular complexity index is 1100. The first-order chi connectivity index (χ1) is 15.5. The second-order valence-electron chi connectivity index (χ2n) is 8.08. The molecule has 1 aliphatic carbocycles. The van der Waals surface area contributed by atoms with Crippen LogP contribution in [0.1, 0.15) is 25.5 Å². The molecule has 0 bridgehead atoms. The highest BCUT2D eigenvalue weighted by Gasteiger charge is 2.45. The van der Waals surface area contributed by atoms with Crippen molar-refractivity contribution in [3.05, 3.63) is 42.7 Å². The quantitative estimate of drug-likeness (QED) is 0.438. The molecule has 0 spiro atoms. The van der Waals surface area contributed by atoms with Crippen LogP contribution in [0.2, 0.25) is 0 Å². The number of imidazole rings is 1. The number of aliphatic hydroxyl groups excluding tert-OH is 3. The number of ether oxygens (including phenoxy) is 2. The Morgan fingerprint density at radius 2 is 1.97 bits per heavy atom. The van der Waals surface area contributed by atoms with Crippen molar-refractivity contribution >= 4 is 17.0 Å². The molecule has 0 unspecified atom stereocenters. The summed E-state index contributed by atoms with van der Waals surface area (Å²) in [5.41, 5.74) is 0.866. The zero-order valence-corrected chi connectivity index (χ0v) is 17.1. The number of hydrogen-bond acceptors (Lipinski definition) is 9. The van der Waals surface area contributed by atoms with Gasteiger partial charge in [0.2, 0.25) is 0 Å². The van der Waals surface area contributed by atoms with Gasteiger partial charge in [0, 0.05) is 0 Å². The highest BCUT2D eigenvalue weighted by atomic mass is 19.1. The zero-order valence-electron chi connectivity index (χ0n) is 17.1. The van der Waals surface area contributed by atoms with Crippen molar-refractivity contribution in [2.45, 2.75) is 55.9 Å². The fraction of sp³-hybridized carbons (Fsp3) is 0.476. The maximum Gasteiger partial charge on any atom is 0.167 e. The van der Waals surface area contributed by atoms with Crippen molar-refractivity contribution in [1.29, 1.82) is 0 Å². The molecule has 1 saturated carbocycles. The normalized spacial score (nSPS) is 30.1. The molecule has 32 heavy (non-hydrogen) atoms. The highest BCUT2D eigenvalue weighted by Crippen LogP contribution is 2.33. The lowest BCUT2D eigenvalue weighted by Crippen LogP contribution is -2.34. The molecule has 0 amide bonds. The van der Waals surface area contributed by atoms with E-state index in [9.17, 15) is 19.7 Å². The highest BCUT2D eigenvalue weighted by molar-refractivity contribution is 5.82. The Kier molecular flexibility index (Phi) is 5.64. The van der Waals surface area contributed by atoms with Crippen LogP contribution in [0, 0.1) is 5.82 Å². The monoisotopic (exact) mass is 445 g/mol. The Labute approximate surface area is 182 Å². The van der Waals surface area contributed by atoms with E-state index in [0.29, 0.717) is 17.0 Å². The van der Waals surface area contributed by atoms with Crippen LogP contribution in [0.5, 0.6) is 5.75 Å². The summed E-state index contributed by atoms with van der Waals surface area (Å²) in [6.07, 6.45) is 0.470. The average molecular weight is 445 g/mol. The van der Waals surface area contributed by atoms with Crippen LogP contribution in [0.3, 0.4) is 0 Å². The van der Waals surface area contributed by atoms with Crippen molar-refractivity contribution in [3.63, 3.8) is 0 Å². The SMILES string of the molecule is O[C@@H]1[C@H](O)[C@H](n2cnc3c(N[C@@H]4CCC[C@H]4O)ncnc32)O[C@@H]1COc1ccccc1F. The van der Waals surface area contributed by atoms with Crippen LogP contribution < -0.4 is 10.1 Å². The van der Waals surface area contributed by atoms with E-state index in [0.717, 1.165) is 19.3 Å². The minimum absolute atomic E-state index is 0.0341. The van der Waals surface area contributed by atoms with Crippen LogP contribution in [0.15, 0.2) is 36.9 Å². The predicted molar refractivity (Wildman–Crippen MR) is 110 cm³/mol. The van der Waals surface area contributed by atoms with Crippen LogP contribution in [0.25, 0.3) is 11.2 Å². The smallest absolute Gasteiger partial charge is 0.167 e. The Morgan fingerprint density at radius 1 is 1.12 bits per heavy atom. The fourth-order valence-electron chi connectivity index (χ4n) is 4.26. The van der Waals surface area contributed by atoms with E-state index in [1.807, 2.05) is 0 Å². The van der Waals surface area contributed by atoms with E-state index in [4.69, 9.17) is 9.47 Å². The summed E-state index contributed by atoms with van der Waals surface area (Å²) < 4.78 is 26.6. The summed E-state index contributed by atoms with van der Waals surface area (Å²) in [6.45, 7) is -0.149. The molecule has 5 rings (SSSR count). The van der Waals surface area contributed by atoms with Gasteiger partial charge in [-0.25, -0.2) is 19.3 Å². The van der Waals surface area contributed by atoms with Gasteiger partial charge in [0.1, 0.15) is 31.2 Å². The lowest BCUT2D eigenvalue weighted by molar-refractivity contribution is -0.0477. The molecule has 11 heteroatoms. The summed E-state index contributed by atoms with van der Waals surface area (Å²) in [4.78, 5) is 12.9. The number of nitrogens with one attached hydrogen (secondary N) is 1. The molecule has 2 aromatic heterocycles. The Hall–Kier alpha value is -2.86. The van der Waals surface area contributed by atoms with E-state index in [2.05, 4.69) is 20.3 Å². The largest absolute Gasteiger partial charge is 0.488 e. The first kappa shape index (κ1) is 21.0. The van der Waals surface area contributed by atoms with Crippen molar-refractivity contribution in [3.8, 4) is 5.75 Å². The van der Waals surface area contributed by atoms with Gasteiger partial charge < -0.3 is 30.1 Å². The molecule has 10 nitrogen and oxygen atoms in total. The van der Waals surface area contributed by atoms with Crippen LogP contribution in [0.4, 0.5) is 10.2 Å². The average Bonchev–Trinajstić information content (AvgIpc) is 3.47. The summed E-state index contributed by atoms with van der Waals surface area (Å²) >= 11 is 0. The first-order valence-corrected chi connectivity index (χ1v) is 10.5. The number of hydrogen-bond donors (Lipinski definition) is 4. The number of rotatable bonds is 6. The molecule has 1 aliphatic heterocycles. The van der Waals surface area contributed by atoms with Gasteiger partial charge in [-0.1, -0.05) is 12.1 Å². The minimum atomic E-state index is -1.27. The van der Waals surface area contributed by atoms with Gasteiger partial charge in [0.15, 0.2) is 34.8 Å². The summed E-state index contributed by atoms with van der Waals surface area (Å²) in [5.74, 6) is -0.0131. The molecule has 170 valence electrons. The van der Waals surface area contributed by atoms with Crippen LogP contribution >= 0.6 is 0 Å². The number of fused-ring (bicyclic) bond motifs is 1. The number of nitrogens with zero attached hydrogens (tertiary/aromatic N) is 4. The molecule has 2 aliphatic rings. The molecular weight excluding hydrogens is 421 g/mol. The van der Waals surface area contributed by atoms with Crippen LogP contribution in [-0.4, -0.2) is 71.9 Å². The van der Waals surface area contributed by atoms with Gasteiger partial charge in [-0.05, 0) is 31.4 Å². The summed E-state index contributed by atoms with van der Waals surface area (Å²) in [6, 6.07) is 5.81. The van der Waals surface area contributed by atoms with Crippen molar-refractivity contribution in [2.24, 2.45) is 0 Å². The molecular formula is C21H24FN5O5. The lowest BCUT2D eigenvalue weighted by Gasteiger charge is -2.18. The first-order valence-electron chi connectivity index (χ1n) is 10.5. The molecule has 3 aromatic rings. The second kappa shape index (κ2) is 8.58. The lowest BCUT2D eigenvalue weighted by atomic mass is 10.1. The van der Waals surface area contributed by atoms with Gasteiger partial charge in [0.25, 0.3) is 0 Å². The van der Waals surface area contributed by atoms with Gasteiger partial charge >= 0.3 is 0 Å². The zero-order chi connectivity index (χ0) is 22.2. The van der Waals surface area contributed by atoms with Crippen molar-refractivity contribution in [1.82, 2.24) is 19.5 Å². The number of anilines is 1. The molecule has 0 radical (unpaired) electrons. The van der Waals surface area contributed by atoms with E-state index in [-0.39, 0.29) is 18.4 Å². The second-order valence-corrected chi connectivity index (χ2v) is 8.08. The molecule has 4 N–H and O–H groups in total. The summed E-state index contributed by atoms with van der Waals surface area (Å²) in [5, 5.41) is 34.4. The Morgan fingerprint density at radius 3 is 2.75 bits per heavy atom. The molecule has 1 saturated heterocycles. The molecule has 2 fully saturated rings. The molecule has 1 aromatic carbocycles. The minimum Gasteiger partial charge on any atom is -0.488 e. The number of benzene rings is 1. The molecule has 3 heterocycles. The summed E-state index contributed by atoms with van der Waals surface area (Å²) in [7, 11) is 0. The van der Waals surface area contributed by atoms with Gasteiger partial charge in [-0.15, -0.1) is 0 Å². The fourth-order valence-corrected chi connectivity index (χ4v) is 4.26. The predicted octanol–water partition coefficient (Wildman–Crippen LogP) is 0.989. The molecule has 6 atom stereocenters. The number of para-hydroxylation sites is 1. The topological polar surface area (TPSA) is 135 Å². The van der Waals surface area contributed by atoms with Gasteiger partial charge in [-0.3, -0.25) is 4.57 Å². The van der Waals surface area contributed by atoms with Gasteiger partial charge in [0.05, 0.1) is 18.5 Å². The van der Waals surface area contributed by atoms with E-state index in [1.54, 1.807) is 12.1 Å². The van der Waals surface area contributed by atoms with Crippen molar-refractivity contribution in [2.75, 3.05) is 11.9 Å². The van der Waals surface area contributed by atoms with E-state index >= 15 is 0 Å². The van der Waals surface area contributed by atoms with Gasteiger partial charge in [-0.2, -0.15) is 0 Å².